The molecule has 0 saturated heterocycles. The van der Waals surface area contributed by atoms with Crippen LogP contribution < -0.4 is 10.6 Å². The minimum atomic E-state index is -2.88. The van der Waals surface area contributed by atoms with E-state index in [9.17, 15) is 13.6 Å². The molecule has 0 amide bonds. The highest BCUT2D eigenvalue weighted by molar-refractivity contribution is 7.99. The second-order valence-electron chi connectivity index (χ2n) is 3.94. The van der Waals surface area contributed by atoms with Crippen LogP contribution in [-0.2, 0) is 9.53 Å². The van der Waals surface area contributed by atoms with Crippen molar-refractivity contribution in [2.75, 3.05) is 18.7 Å². The molecule has 0 fully saturated rings. The first kappa shape index (κ1) is 16.0. The van der Waals surface area contributed by atoms with Crippen molar-refractivity contribution in [2.45, 2.75) is 11.8 Å². The van der Waals surface area contributed by atoms with E-state index in [0.717, 1.165) is 11.8 Å². The average Bonchev–Trinajstić information content (AvgIpc) is 2.86. The monoisotopic (exact) mass is 330 g/mol. The maximum absolute atomic E-state index is 12.1. The van der Waals surface area contributed by atoms with Crippen molar-refractivity contribution in [1.29, 1.82) is 0 Å². The summed E-state index contributed by atoms with van der Waals surface area (Å²) in [5.41, 5.74) is 0.571. The molecule has 7 nitrogen and oxygen atoms in total. The van der Waals surface area contributed by atoms with Crippen molar-refractivity contribution in [3.8, 4) is 17.1 Å². The number of alkyl halides is 2. The Labute approximate surface area is 128 Å². The Bertz CT molecular complexity index is 648. The van der Waals surface area contributed by atoms with Gasteiger partial charge in [-0.2, -0.15) is 8.78 Å². The van der Waals surface area contributed by atoms with Crippen molar-refractivity contribution in [1.82, 2.24) is 14.9 Å². The van der Waals surface area contributed by atoms with Gasteiger partial charge in [-0.25, -0.2) is 4.68 Å². The smallest absolute Gasteiger partial charge is 0.387 e. The number of nitrogens with zero attached hydrogens (tertiary/aromatic N) is 3. The summed E-state index contributed by atoms with van der Waals surface area (Å²) in [6, 6.07) is 5.80. The molecule has 22 heavy (non-hydrogen) atoms. The number of ether oxygens (including phenoxy) is 2. The van der Waals surface area contributed by atoms with Gasteiger partial charge in [0.1, 0.15) is 5.75 Å². The second kappa shape index (κ2) is 7.07. The SMILES string of the molecule is COC(=O)CSc1nnc(-c2ccc(OC(F)F)cc2)n1N. The van der Waals surface area contributed by atoms with Gasteiger partial charge in [-0.3, -0.25) is 4.79 Å². The summed E-state index contributed by atoms with van der Waals surface area (Å²) >= 11 is 1.07. The number of nitrogen functional groups attached to an aromatic ring is 1. The third kappa shape index (κ3) is 3.85. The number of thioether (sulfide) groups is 1. The lowest BCUT2D eigenvalue weighted by molar-refractivity contribution is -0.137. The Morgan fingerprint density at radius 3 is 2.64 bits per heavy atom. The summed E-state index contributed by atoms with van der Waals surface area (Å²) in [6.45, 7) is -2.88. The molecule has 118 valence electrons. The number of rotatable bonds is 6. The molecule has 1 aromatic heterocycles. The van der Waals surface area contributed by atoms with Crippen LogP contribution in [0.3, 0.4) is 0 Å². The van der Waals surface area contributed by atoms with E-state index in [1.165, 1.54) is 36.1 Å². The number of nitrogens with two attached hydrogens (primary N) is 1. The summed E-state index contributed by atoms with van der Waals surface area (Å²) in [5.74, 6) is 5.84. The van der Waals surface area contributed by atoms with Crippen molar-refractivity contribution in [3.63, 3.8) is 0 Å². The summed E-state index contributed by atoms with van der Waals surface area (Å²) in [5, 5.41) is 8.09. The molecular formula is C12H12F2N4O3S. The Morgan fingerprint density at radius 1 is 1.36 bits per heavy atom. The topological polar surface area (TPSA) is 92.3 Å². The van der Waals surface area contributed by atoms with Crippen LogP contribution in [0.15, 0.2) is 29.4 Å². The minimum absolute atomic E-state index is 0.0297. The number of halogens is 2. The molecule has 0 unspecified atom stereocenters. The Hall–Kier alpha value is -2.36. The molecule has 10 heteroatoms. The van der Waals surface area contributed by atoms with Crippen LogP contribution >= 0.6 is 11.8 Å². The van der Waals surface area contributed by atoms with E-state index in [4.69, 9.17) is 5.84 Å². The summed E-state index contributed by atoms with van der Waals surface area (Å²) in [4.78, 5) is 11.1. The third-order valence-corrected chi connectivity index (χ3v) is 3.47. The number of benzene rings is 1. The molecular weight excluding hydrogens is 318 g/mol. The lowest BCUT2D eigenvalue weighted by Crippen LogP contribution is -2.13. The normalized spacial score (nSPS) is 10.7. The second-order valence-corrected chi connectivity index (χ2v) is 4.89. The molecule has 0 spiro atoms. The number of aromatic nitrogens is 3. The van der Waals surface area contributed by atoms with E-state index in [0.29, 0.717) is 16.5 Å². The molecule has 0 atom stereocenters. The number of hydrogen-bond acceptors (Lipinski definition) is 7. The van der Waals surface area contributed by atoms with Crippen molar-refractivity contribution in [3.05, 3.63) is 24.3 Å². The lowest BCUT2D eigenvalue weighted by Gasteiger charge is -2.06. The van der Waals surface area contributed by atoms with Crippen LogP contribution in [0.5, 0.6) is 5.75 Å². The molecule has 1 heterocycles. The van der Waals surface area contributed by atoms with E-state index >= 15 is 0 Å². The Balaban J connectivity index is 2.12. The van der Waals surface area contributed by atoms with Gasteiger partial charge in [0, 0.05) is 5.56 Å². The number of hydrogen-bond donors (Lipinski definition) is 1. The van der Waals surface area contributed by atoms with Gasteiger partial charge in [0.25, 0.3) is 0 Å². The number of carbonyl (C=O) groups excluding carboxylic acids is 1. The van der Waals surface area contributed by atoms with Crippen molar-refractivity contribution >= 4 is 17.7 Å². The maximum atomic E-state index is 12.1. The molecule has 2 rings (SSSR count). The van der Waals surface area contributed by atoms with Crippen LogP contribution in [0.4, 0.5) is 8.78 Å². The summed E-state index contributed by atoms with van der Waals surface area (Å²) in [7, 11) is 1.28. The molecule has 0 saturated carbocycles. The van der Waals surface area contributed by atoms with Gasteiger partial charge in [0.2, 0.25) is 5.16 Å². The largest absolute Gasteiger partial charge is 0.468 e. The highest BCUT2D eigenvalue weighted by Gasteiger charge is 2.14. The van der Waals surface area contributed by atoms with E-state index < -0.39 is 12.6 Å². The van der Waals surface area contributed by atoms with E-state index in [1.807, 2.05) is 0 Å². The van der Waals surface area contributed by atoms with Gasteiger partial charge >= 0.3 is 12.6 Å². The number of esters is 1. The quantitative estimate of drug-likeness (QED) is 0.488. The standard InChI is InChI=1S/C12H12F2N4O3S/c1-20-9(19)6-22-12-17-16-10(18(12)15)7-2-4-8(5-3-7)21-11(13)14/h2-5,11H,6,15H2,1H3. The Kier molecular flexibility index (Phi) is 5.15. The van der Waals surface area contributed by atoms with Crippen LogP contribution in [-0.4, -0.2) is 40.3 Å². The zero-order valence-electron chi connectivity index (χ0n) is 11.4. The number of carbonyl (C=O) groups is 1. The van der Waals surface area contributed by atoms with Gasteiger partial charge in [-0.05, 0) is 24.3 Å². The van der Waals surface area contributed by atoms with E-state index in [2.05, 4.69) is 19.7 Å². The molecule has 0 aliphatic heterocycles. The molecule has 2 aromatic rings. The summed E-state index contributed by atoms with van der Waals surface area (Å²) < 4.78 is 34.1. The molecule has 2 N–H and O–H groups in total. The zero-order chi connectivity index (χ0) is 16.1. The molecule has 0 aliphatic carbocycles. The molecule has 0 bridgehead atoms. The average molecular weight is 330 g/mol. The minimum Gasteiger partial charge on any atom is -0.468 e. The van der Waals surface area contributed by atoms with Gasteiger partial charge in [0.15, 0.2) is 5.82 Å². The van der Waals surface area contributed by atoms with Crippen LogP contribution in [0, 0.1) is 0 Å². The van der Waals surface area contributed by atoms with Crippen molar-refractivity contribution in [2.24, 2.45) is 0 Å². The maximum Gasteiger partial charge on any atom is 0.387 e. The van der Waals surface area contributed by atoms with E-state index in [-0.39, 0.29) is 11.5 Å². The first-order valence-electron chi connectivity index (χ1n) is 5.96. The first-order valence-corrected chi connectivity index (χ1v) is 6.95. The van der Waals surface area contributed by atoms with Crippen molar-refractivity contribution < 1.29 is 23.0 Å². The van der Waals surface area contributed by atoms with Gasteiger partial charge in [-0.1, -0.05) is 11.8 Å². The number of methoxy groups -OCH3 is 1. The zero-order valence-corrected chi connectivity index (χ0v) is 12.2. The lowest BCUT2D eigenvalue weighted by atomic mass is 10.2. The fraction of sp³-hybridized carbons (Fsp3) is 0.250. The third-order valence-electron chi connectivity index (χ3n) is 2.55. The first-order chi connectivity index (χ1) is 10.5. The fourth-order valence-electron chi connectivity index (χ4n) is 1.54. The van der Waals surface area contributed by atoms with Gasteiger partial charge in [-0.15, -0.1) is 10.2 Å². The highest BCUT2D eigenvalue weighted by Crippen LogP contribution is 2.24. The van der Waals surface area contributed by atoms with Crippen LogP contribution in [0.2, 0.25) is 0 Å². The highest BCUT2D eigenvalue weighted by atomic mass is 32.2. The van der Waals surface area contributed by atoms with E-state index in [1.54, 1.807) is 0 Å². The van der Waals surface area contributed by atoms with Gasteiger partial charge < -0.3 is 15.3 Å². The molecule has 1 aromatic carbocycles. The molecule has 0 aliphatic rings. The van der Waals surface area contributed by atoms with Crippen LogP contribution in [0.1, 0.15) is 0 Å². The van der Waals surface area contributed by atoms with Gasteiger partial charge in [0.05, 0.1) is 12.9 Å². The molecule has 0 radical (unpaired) electrons. The fourth-order valence-corrected chi connectivity index (χ4v) is 2.23. The Morgan fingerprint density at radius 2 is 2.05 bits per heavy atom. The predicted molar refractivity (Wildman–Crippen MR) is 75.0 cm³/mol. The van der Waals surface area contributed by atoms with Crippen LogP contribution in [0.25, 0.3) is 11.4 Å². The predicted octanol–water partition coefficient (Wildman–Crippen LogP) is 1.53. The summed E-state index contributed by atoms with van der Waals surface area (Å²) in [6.07, 6.45) is 0.